The molecule has 0 bridgehead atoms. The Hall–Kier alpha value is -3.66. The number of rotatable bonds is 12. The van der Waals surface area contributed by atoms with Crippen LogP contribution in [0.15, 0.2) is 105 Å². The Bertz CT molecular complexity index is 1720. The maximum atomic E-state index is 12.9. The van der Waals surface area contributed by atoms with Crippen LogP contribution in [-0.4, -0.2) is 60.9 Å². The lowest BCUT2D eigenvalue weighted by molar-refractivity contribution is 0.163. The van der Waals surface area contributed by atoms with Crippen molar-refractivity contribution in [3.05, 3.63) is 90.2 Å². The minimum absolute atomic E-state index is 0.0822. The number of fused-ring (bicyclic) bond motifs is 1. The zero-order chi connectivity index (χ0) is 29.8. The van der Waals surface area contributed by atoms with Gasteiger partial charge in [-0.2, -0.15) is 0 Å². The summed E-state index contributed by atoms with van der Waals surface area (Å²) < 4.78 is 79.1. The molecule has 2 heterocycles. The Morgan fingerprint density at radius 3 is 2.27 bits per heavy atom. The molecule has 0 fully saturated rings. The van der Waals surface area contributed by atoms with E-state index in [9.17, 15) is 25.3 Å². The molecule has 0 radical (unpaired) electrons. The van der Waals surface area contributed by atoms with Crippen molar-refractivity contribution in [2.45, 2.75) is 41.5 Å². The van der Waals surface area contributed by atoms with Crippen molar-refractivity contribution in [3.63, 3.8) is 0 Å². The smallest absolute Gasteiger partial charge is 0.268 e. The highest BCUT2D eigenvalue weighted by atomic mass is 33.2. The molecule has 0 aromatic heterocycles. The maximum Gasteiger partial charge on any atom is 0.268 e. The number of aliphatic imine (C=N–C) groups is 1. The summed E-state index contributed by atoms with van der Waals surface area (Å²) in [5, 5.41) is 6.21. The fourth-order valence-electron chi connectivity index (χ4n) is 3.94. The summed E-state index contributed by atoms with van der Waals surface area (Å²) in [4.78, 5) is 4.64. The van der Waals surface area contributed by atoms with Gasteiger partial charge in [0.15, 0.2) is 5.88 Å². The van der Waals surface area contributed by atoms with E-state index in [4.69, 9.17) is 4.74 Å². The van der Waals surface area contributed by atoms with E-state index >= 15 is 0 Å². The molecule has 0 saturated carbocycles. The molecule has 41 heavy (non-hydrogen) atoms. The number of benzene rings is 2. The summed E-state index contributed by atoms with van der Waals surface area (Å²) in [6.07, 6.45) is 7.78. The van der Waals surface area contributed by atoms with Gasteiger partial charge in [-0.3, -0.25) is 10.7 Å². The summed E-state index contributed by atoms with van der Waals surface area (Å²) in [6.45, 7) is 3.19. The highest BCUT2D eigenvalue weighted by molar-refractivity contribution is 8.67. The fourth-order valence-corrected chi connectivity index (χ4v) is 7.85. The second-order valence-corrected chi connectivity index (χ2v) is 17.5. The van der Waals surface area contributed by atoms with Gasteiger partial charge >= 0.3 is 0 Å². The third kappa shape index (κ3) is 6.81. The minimum Gasteiger partial charge on any atom is -0.477 e. The predicted molar refractivity (Wildman–Crippen MR) is 156 cm³/mol. The van der Waals surface area contributed by atoms with Crippen molar-refractivity contribution >= 4 is 39.6 Å². The van der Waals surface area contributed by atoms with Crippen LogP contribution in [0.2, 0.25) is 0 Å². The van der Waals surface area contributed by atoms with E-state index < -0.39 is 39.0 Å². The zero-order valence-electron chi connectivity index (χ0n) is 22.6. The Morgan fingerprint density at radius 1 is 0.976 bits per heavy atom. The van der Waals surface area contributed by atoms with Crippen LogP contribution in [0.5, 0.6) is 0 Å². The third-order valence-electron chi connectivity index (χ3n) is 6.31. The van der Waals surface area contributed by atoms with Gasteiger partial charge in [0.2, 0.25) is 9.84 Å². The molecule has 2 aromatic carbocycles. The first-order valence-corrected chi connectivity index (χ1v) is 18.0. The lowest BCUT2D eigenvalue weighted by atomic mass is 10.1. The summed E-state index contributed by atoms with van der Waals surface area (Å²) in [5.74, 6) is 0.395. The van der Waals surface area contributed by atoms with Crippen molar-refractivity contribution in [2.24, 2.45) is 4.99 Å². The second kappa shape index (κ2) is 12.1. The van der Waals surface area contributed by atoms with Gasteiger partial charge < -0.3 is 10.1 Å². The number of hydrazine groups is 1. The molecule has 12 nitrogen and oxygen atoms in total. The number of allylic oxidation sites excluding steroid dienone is 1. The molecule has 3 N–H and O–H groups in total. The number of hydrogen-bond acceptors (Lipinski definition) is 12. The number of dihydropyridines is 1. The van der Waals surface area contributed by atoms with E-state index in [1.807, 2.05) is 6.92 Å². The quantitative estimate of drug-likeness (QED) is 0.298. The number of hydrogen-bond donors (Lipinski definition) is 3. The molecular weight excluding hydrogens is 591 g/mol. The largest absolute Gasteiger partial charge is 0.477 e. The van der Waals surface area contributed by atoms with Crippen LogP contribution >= 0.6 is 0 Å². The summed E-state index contributed by atoms with van der Waals surface area (Å²) in [5.41, 5.74) is 5.23. The Balaban J connectivity index is 1.37. The van der Waals surface area contributed by atoms with Gasteiger partial charge in [0.05, 0.1) is 27.4 Å². The van der Waals surface area contributed by atoms with Gasteiger partial charge in [0.25, 0.3) is 17.7 Å². The molecule has 2 atom stereocenters. The molecule has 2 aliphatic heterocycles. The molecule has 15 heteroatoms. The van der Waals surface area contributed by atoms with Crippen LogP contribution in [0.3, 0.4) is 0 Å². The minimum atomic E-state index is -4.40. The molecule has 4 rings (SSSR count). The van der Waals surface area contributed by atoms with E-state index in [1.54, 1.807) is 72.3 Å². The Morgan fingerprint density at radius 2 is 1.63 bits per heavy atom. The average Bonchev–Trinajstić information content (AvgIpc) is 2.95. The van der Waals surface area contributed by atoms with E-state index in [0.717, 1.165) is 0 Å². The standard InChI is InChI=1S/C26H31N5O7S3/c1-4-21(29-19(2)41(36,37)39(3,32)33)17-38-26-14-20-15-27-18-31(25(20)16-28-26)30-22-10-12-24(13-11-22)40(34,35)23-8-6-5-7-9-23/h5-16,18-19,21,28-30H,4,17H2,1-3H3. The van der Waals surface area contributed by atoms with E-state index in [1.165, 1.54) is 19.1 Å². The molecular formula is C26H31N5O7S3. The van der Waals surface area contributed by atoms with Crippen LogP contribution in [0.4, 0.5) is 5.69 Å². The Labute approximate surface area is 239 Å². The molecule has 2 unspecified atom stereocenters. The fraction of sp³-hybridized carbons (Fsp3) is 0.269. The number of sulfone groups is 1. The molecule has 0 aliphatic carbocycles. The highest BCUT2D eigenvalue weighted by Crippen LogP contribution is 2.26. The van der Waals surface area contributed by atoms with Gasteiger partial charge in [0.1, 0.15) is 18.3 Å². The predicted octanol–water partition coefficient (Wildman–Crippen LogP) is 2.47. The Kier molecular flexibility index (Phi) is 8.91. The van der Waals surface area contributed by atoms with Gasteiger partial charge in [-0.1, -0.05) is 25.1 Å². The first kappa shape index (κ1) is 30.3. The average molecular weight is 622 g/mol. The van der Waals surface area contributed by atoms with Gasteiger partial charge in [-0.25, -0.2) is 35.3 Å². The topological polar surface area (TPSA) is 163 Å². The lowest BCUT2D eigenvalue weighted by Gasteiger charge is -2.30. The first-order chi connectivity index (χ1) is 19.3. The second-order valence-electron chi connectivity index (χ2n) is 9.28. The van der Waals surface area contributed by atoms with Crippen LogP contribution in [0.1, 0.15) is 20.3 Å². The van der Waals surface area contributed by atoms with Crippen LogP contribution in [0.25, 0.3) is 0 Å². The molecule has 220 valence electrons. The molecule has 0 saturated heterocycles. The van der Waals surface area contributed by atoms with Crippen molar-refractivity contribution in [3.8, 4) is 0 Å². The number of anilines is 1. The van der Waals surface area contributed by atoms with E-state index in [2.05, 4.69) is 21.1 Å². The van der Waals surface area contributed by atoms with E-state index in [0.29, 0.717) is 35.5 Å². The first-order valence-electron chi connectivity index (χ1n) is 12.5. The van der Waals surface area contributed by atoms with Crippen LogP contribution in [-0.2, 0) is 32.3 Å². The van der Waals surface area contributed by atoms with Crippen molar-refractivity contribution < 1.29 is 30.0 Å². The summed E-state index contributed by atoms with van der Waals surface area (Å²) >= 11 is 0. The zero-order valence-corrected chi connectivity index (χ0v) is 25.0. The summed E-state index contributed by atoms with van der Waals surface area (Å²) in [6, 6.07) is 14.2. The van der Waals surface area contributed by atoms with Gasteiger partial charge in [-0.05, 0) is 49.7 Å². The highest BCUT2D eigenvalue weighted by Gasteiger charge is 2.33. The number of nitrogens with one attached hydrogen (secondary N) is 3. The van der Waals surface area contributed by atoms with Gasteiger partial charge in [-0.15, -0.1) is 0 Å². The third-order valence-corrected chi connectivity index (χ3v) is 13.3. The molecule has 2 aliphatic rings. The lowest BCUT2D eigenvalue weighted by Crippen LogP contribution is -2.45. The van der Waals surface area contributed by atoms with Crippen LogP contribution < -0.4 is 16.1 Å². The molecule has 0 spiro atoms. The summed E-state index contributed by atoms with van der Waals surface area (Å²) in [7, 11) is -12.3. The molecule has 0 amide bonds. The molecule has 2 aromatic rings. The normalized spacial score (nSPS) is 16.9. The number of nitrogens with zero attached hydrogens (tertiary/aromatic N) is 2. The van der Waals surface area contributed by atoms with Gasteiger partial charge in [0, 0.05) is 30.1 Å². The SMILES string of the molecule is CCC(COC1=CC2=CN=CN(Nc3ccc(S(=O)(=O)c4ccccc4)cc3)C2=CN1)NC(C)S(=O)(=O)S(C)(=O)=O. The van der Waals surface area contributed by atoms with Crippen molar-refractivity contribution in [1.82, 2.24) is 15.6 Å². The van der Waals surface area contributed by atoms with Crippen molar-refractivity contribution in [2.75, 3.05) is 18.3 Å². The van der Waals surface area contributed by atoms with Crippen LogP contribution in [0, 0.1) is 0 Å². The monoisotopic (exact) mass is 621 g/mol. The maximum absolute atomic E-state index is 12.9. The van der Waals surface area contributed by atoms with Crippen molar-refractivity contribution in [1.29, 1.82) is 0 Å². The number of ether oxygens (including phenoxy) is 1. The van der Waals surface area contributed by atoms with E-state index in [-0.39, 0.29) is 16.4 Å².